The Morgan fingerprint density at radius 2 is 2.00 bits per heavy atom. The van der Waals surface area contributed by atoms with Gasteiger partial charge >= 0.3 is 5.97 Å². The molecule has 1 amide bonds. The first-order chi connectivity index (χ1) is 8.86. The van der Waals surface area contributed by atoms with Gasteiger partial charge in [-0.05, 0) is 40.0 Å². The summed E-state index contributed by atoms with van der Waals surface area (Å²) in [6.07, 6.45) is 0. The monoisotopic (exact) mass is 331 g/mol. The van der Waals surface area contributed by atoms with E-state index >= 15 is 0 Å². The van der Waals surface area contributed by atoms with Gasteiger partial charge in [0.05, 0.1) is 12.7 Å². The van der Waals surface area contributed by atoms with E-state index in [9.17, 15) is 14.0 Å². The van der Waals surface area contributed by atoms with Gasteiger partial charge < -0.3 is 10.1 Å². The third-order valence-corrected chi connectivity index (χ3v) is 3.27. The highest BCUT2D eigenvalue weighted by Crippen LogP contribution is 2.18. The van der Waals surface area contributed by atoms with E-state index in [4.69, 9.17) is 0 Å². The minimum Gasteiger partial charge on any atom is -0.467 e. The zero-order chi connectivity index (χ0) is 14.6. The molecular weight excluding hydrogens is 317 g/mol. The molecule has 6 heteroatoms. The van der Waals surface area contributed by atoms with Crippen molar-refractivity contribution in [1.29, 1.82) is 0 Å². The molecule has 0 fully saturated rings. The Bertz CT molecular complexity index is 491. The molecule has 1 rings (SSSR count). The number of carbonyl (C=O) groups excluding carboxylic acids is 2. The van der Waals surface area contributed by atoms with E-state index in [2.05, 4.69) is 26.0 Å². The fourth-order valence-electron chi connectivity index (χ4n) is 1.52. The summed E-state index contributed by atoms with van der Waals surface area (Å²) in [4.78, 5) is 23.6. The Morgan fingerprint density at radius 3 is 2.53 bits per heavy atom. The fraction of sp³-hybridized carbons (Fsp3) is 0.385. The number of ether oxygens (including phenoxy) is 1. The summed E-state index contributed by atoms with van der Waals surface area (Å²) in [7, 11) is 1.25. The number of esters is 1. The second-order valence-electron chi connectivity index (χ2n) is 4.34. The van der Waals surface area contributed by atoms with E-state index in [1.165, 1.54) is 19.2 Å². The van der Waals surface area contributed by atoms with Crippen LogP contribution >= 0.6 is 15.9 Å². The summed E-state index contributed by atoms with van der Waals surface area (Å²) in [6.45, 7) is 3.56. The quantitative estimate of drug-likeness (QED) is 0.862. The molecular formula is C13H15BrFNO3. The van der Waals surface area contributed by atoms with Crippen LogP contribution in [0.15, 0.2) is 22.7 Å². The van der Waals surface area contributed by atoms with E-state index in [1.54, 1.807) is 13.8 Å². The summed E-state index contributed by atoms with van der Waals surface area (Å²) in [5.74, 6) is -1.72. The Labute approximate surface area is 119 Å². The van der Waals surface area contributed by atoms with Gasteiger partial charge in [-0.2, -0.15) is 0 Å². The topological polar surface area (TPSA) is 55.4 Å². The lowest BCUT2D eigenvalue weighted by atomic mass is 10.0. The number of rotatable bonds is 4. The maximum atomic E-state index is 13.1. The van der Waals surface area contributed by atoms with E-state index < -0.39 is 23.7 Å². The average molecular weight is 332 g/mol. The van der Waals surface area contributed by atoms with Crippen LogP contribution in [0.25, 0.3) is 0 Å². The minimum atomic E-state index is -0.771. The van der Waals surface area contributed by atoms with Gasteiger partial charge in [-0.25, -0.2) is 9.18 Å². The lowest BCUT2D eigenvalue weighted by Gasteiger charge is -2.20. The molecule has 0 unspecified atom stereocenters. The van der Waals surface area contributed by atoms with Crippen LogP contribution < -0.4 is 5.32 Å². The molecule has 19 heavy (non-hydrogen) atoms. The summed E-state index contributed by atoms with van der Waals surface area (Å²) in [5.41, 5.74) is 0.134. The van der Waals surface area contributed by atoms with Crippen molar-refractivity contribution in [2.24, 2.45) is 5.92 Å². The molecule has 0 radical (unpaired) electrons. The van der Waals surface area contributed by atoms with Crippen molar-refractivity contribution in [3.8, 4) is 0 Å². The van der Waals surface area contributed by atoms with Crippen LogP contribution in [-0.2, 0) is 9.53 Å². The molecule has 1 N–H and O–H groups in total. The summed E-state index contributed by atoms with van der Waals surface area (Å²) >= 11 is 3.17. The van der Waals surface area contributed by atoms with E-state index in [0.29, 0.717) is 4.47 Å². The van der Waals surface area contributed by atoms with Crippen LogP contribution in [-0.4, -0.2) is 25.0 Å². The van der Waals surface area contributed by atoms with E-state index in [0.717, 1.165) is 6.07 Å². The molecule has 0 spiro atoms. The zero-order valence-electron chi connectivity index (χ0n) is 10.9. The third-order valence-electron chi connectivity index (χ3n) is 2.58. The first kappa shape index (κ1) is 15.6. The van der Waals surface area contributed by atoms with Crippen LogP contribution in [0.5, 0.6) is 0 Å². The van der Waals surface area contributed by atoms with Gasteiger partial charge in [0.1, 0.15) is 11.9 Å². The van der Waals surface area contributed by atoms with Crippen molar-refractivity contribution < 1.29 is 18.7 Å². The van der Waals surface area contributed by atoms with Crippen molar-refractivity contribution in [2.45, 2.75) is 19.9 Å². The normalized spacial score (nSPS) is 12.1. The molecule has 0 saturated heterocycles. The minimum absolute atomic E-state index is 0.134. The predicted octanol–water partition coefficient (Wildman–Crippen LogP) is 2.52. The first-order valence-electron chi connectivity index (χ1n) is 5.70. The number of hydrogen-bond donors (Lipinski definition) is 1. The van der Waals surface area contributed by atoms with E-state index in [-0.39, 0.29) is 11.5 Å². The first-order valence-corrected chi connectivity index (χ1v) is 6.50. The Balaban J connectivity index is 2.94. The molecule has 0 aromatic heterocycles. The predicted molar refractivity (Wildman–Crippen MR) is 72.2 cm³/mol. The van der Waals surface area contributed by atoms with Gasteiger partial charge in [-0.15, -0.1) is 0 Å². The number of methoxy groups -OCH3 is 1. The van der Waals surface area contributed by atoms with Crippen molar-refractivity contribution in [1.82, 2.24) is 5.32 Å². The fourth-order valence-corrected chi connectivity index (χ4v) is 1.94. The highest BCUT2D eigenvalue weighted by Gasteiger charge is 2.26. The number of nitrogens with one attached hydrogen (secondary N) is 1. The van der Waals surface area contributed by atoms with Crippen LogP contribution in [0.3, 0.4) is 0 Å². The Morgan fingerprint density at radius 1 is 1.37 bits per heavy atom. The van der Waals surface area contributed by atoms with Gasteiger partial charge in [-0.1, -0.05) is 13.8 Å². The van der Waals surface area contributed by atoms with Gasteiger partial charge in [0.25, 0.3) is 5.91 Å². The lowest BCUT2D eigenvalue weighted by molar-refractivity contribution is -0.144. The molecule has 4 nitrogen and oxygen atoms in total. The van der Waals surface area contributed by atoms with Gasteiger partial charge in [0.2, 0.25) is 0 Å². The molecule has 0 saturated carbocycles. The molecule has 0 aliphatic carbocycles. The standard InChI is InChI=1S/C13H15BrFNO3/c1-7(2)11(13(18)19-3)16-12(17)9-6-8(15)4-5-10(9)14/h4-7,11H,1-3H3,(H,16,17)/t11-/m1/s1. The van der Waals surface area contributed by atoms with Crippen LogP contribution in [0.2, 0.25) is 0 Å². The van der Waals surface area contributed by atoms with Crippen LogP contribution in [0.4, 0.5) is 4.39 Å². The SMILES string of the molecule is COC(=O)[C@H](NC(=O)c1cc(F)ccc1Br)C(C)C. The molecule has 0 aliphatic heterocycles. The third kappa shape index (κ3) is 4.02. The molecule has 104 valence electrons. The van der Waals surface area contributed by atoms with Crippen LogP contribution in [0.1, 0.15) is 24.2 Å². The maximum Gasteiger partial charge on any atom is 0.328 e. The zero-order valence-corrected chi connectivity index (χ0v) is 12.5. The second kappa shape index (κ2) is 6.65. The molecule has 1 aromatic carbocycles. The highest BCUT2D eigenvalue weighted by molar-refractivity contribution is 9.10. The van der Waals surface area contributed by atoms with Gasteiger partial charge in [-0.3, -0.25) is 4.79 Å². The highest BCUT2D eigenvalue weighted by atomic mass is 79.9. The van der Waals surface area contributed by atoms with Crippen LogP contribution in [0, 0.1) is 11.7 Å². The number of hydrogen-bond acceptors (Lipinski definition) is 3. The molecule has 0 heterocycles. The van der Waals surface area contributed by atoms with E-state index in [1.807, 2.05) is 0 Å². The van der Waals surface area contributed by atoms with Gasteiger partial charge in [0.15, 0.2) is 0 Å². The molecule has 0 aliphatic rings. The average Bonchev–Trinajstić information content (AvgIpc) is 2.37. The smallest absolute Gasteiger partial charge is 0.328 e. The summed E-state index contributed by atoms with van der Waals surface area (Å²) < 4.78 is 18.2. The molecule has 1 atom stereocenters. The Kier molecular flexibility index (Phi) is 5.47. The number of benzene rings is 1. The number of amides is 1. The largest absolute Gasteiger partial charge is 0.467 e. The number of halogens is 2. The summed E-state index contributed by atoms with van der Waals surface area (Å²) in [5, 5.41) is 2.54. The lowest BCUT2D eigenvalue weighted by Crippen LogP contribution is -2.45. The van der Waals surface area contributed by atoms with Crippen molar-refractivity contribution in [2.75, 3.05) is 7.11 Å². The maximum absolute atomic E-state index is 13.1. The van der Waals surface area contributed by atoms with Crippen molar-refractivity contribution in [3.05, 3.63) is 34.1 Å². The van der Waals surface area contributed by atoms with Gasteiger partial charge in [0, 0.05) is 4.47 Å². The van der Waals surface area contributed by atoms with Crippen molar-refractivity contribution >= 4 is 27.8 Å². The second-order valence-corrected chi connectivity index (χ2v) is 5.20. The summed E-state index contributed by atoms with van der Waals surface area (Å²) in [6, 6.07) is 3.01. The Hall–Kier alpha value is -1.43. The van der Waals surface area contributed by atoms with Crippen molar-refractivity contribution in [3.63, 3.8) is 0 Å². The molecule has 0 bridgehead atoms. The number of carbonyl (C=O) groups is 2. The molecule has 1 aromatic rings.